The van der Waals surface area contributed by atoms with Crippen LogP contribution in [0.5, 0.6) is 0 Å². The Bertz CT molecular complexity index is 681. The second-order valence-electron chi connectivity index (χ2n) is 8.14. The molecule has 0 heterocycles. The number of aliphatic hydroxyl groups is 2. The van der Waals surface area contributed by atoms with Gasteiger partial charge in [-0.15, -0.1) is 0 Å². The standard InChI is InChI=1S/C24H34O3Si/c1-24(2,3)28(22-12-6-4-7-13-22,23-14-8-5-9-15-23)27-20-17-21(16-19-26)11-10-18-25/h4-9,12-15,17,25-26H,10-11,16,18-20H2,1-3H3. The van der Waals surface area contributed by atoms with E-state index in [0.29, 0.717) is 19.4 Å². The van der Waals surface area contributed by atoms with E-state index in [2.05, 4.69) is 75.4 Å². The molecule has 0 radical (unpaired) electrons. The van der Waals surface area contributed by atoms with E-state index in [0.717, 1.165) is 12.0 Å². The van der Waals surface area contributed by atoms with Gasteiger partial charge in [-0.2, -0.15) is 0 Å². The fourth-order valence-corrected chi connectivity index (χ4v) is 8.31. The summed E-state index contributed by atoms with van der Waals surface area (Å²) in [6, 6.07) is 21.2. The number of hydrogen-bond donors (Lipinski definition) is 2. The largest absolute Gasteiger partial charge is 0.404 e. The van der Waals surface area contributed by atoms with Crippen LogP contribution in [0.1, 0.15) is 40.0 Å². The molecule has 0 aromatic heterocycles. The number of rotatable bonds is 10. The maximum Gasteiger partial charge on any atom is 0.261 e. The molecule has 4 heteroatoms. The van der Waals surface area contributed by atoms with Crippen LogP contribution in [-0.4, -0.2) is 38.4 Å². The molecule has 0 spiro atoms. The van der Waals surface area contributed by atoms with Crippen LogP contribution < -0.4 is 10.4 Å². The van der Waals surface area contributed by atoms with Gasteiger partial charge in [-0.05, 0) is 34.7 Å². The Morgan fingerprint density at radius 2 is 1.39 bits per heavy atom. The minimum Gasteiger partial charge on any atom is -0.404 e. The van der Waals surface area contributed by atoms with Crippen molar-refractivity contribution in [2.24, 2.45) is 0 Å². The summed E-state index contributed by atoms with van der Waals surface area (Å²) >= 11 is 0. The van der Waals surface area contributed by atoms with Crippen LogP contribution in [-0.2, 0) is 4.43 Å². The molecule has 0 atom stereocenters. The maximum atomic E-state index is 9.35. The van der Waals surface area contributed by atoms with Gasteiger partial charge in [-0.25, -0.2) is 0 Å². The molecule has 2 aromatic carbocycles. The normalized spacial score (nSPS) is 13.0. The lowest BCUT2D eigenvalue weighted by Gasteiger charge is -2.42. The Kier molecular flexibility index (Phi) is 8.64. The van der Waals surface area contributed by atoms with E-state index in [9.17, 15) is 5.11 Å². The number of benzene rings is 2. The smallest absolute Gasteiger partial charge is 0.261 e. The summed E-state index contributed by atoms with van der Waals surface area (Å²) in [5, 5.41) is 21.0. The van der Waals surface area contributed by atoms with Crippen LogP contribution in [0, 0.1) is 0 Å². The number of hydrogen-bond acceptors (Lipinski definition) is 3. The van der Waals surface area contributed by atoms with Gasteiger partial charge in [0.05, 0.1) is 6.61 Å². The van der Waals surface area contributed by atoms with Crippen molar-refractivity contribution in [3.63, 3.8) is 0 Å². The van der Waals surface area contributed by atoms with Crippen LogP contribution in [0.15, 0.2) is 72.3 Å². The Morgan fingerprint density at radius 1 is 0.857 bits per heavy atom. The Balaban J connectivity index is 2.44. The first-order chi connectivity index (χ1) is 13.5. The lowest BCUT2D eigenvalue weighted by Crippen LogP contribution is -2.66. The molecular formula is C24H34O3Si. The summed E-state index contributed by atoms with van der Waals surface area (Å²) in [7, 11) is -2.53. The first-order valence-corrected chi connectivity index (χ1v) is 12.0. The molecule has 152 valence electrons. The molecule has 0 saturated heterocycles. The maximum absolute atomic E-state index is 9.35. The first kappa shape index (κ1) is 22.6. The third-order valence-corrected chi connectivity index (χ3v) is 10.2. The van der Waals surface area contributed by atoms with Crippen LogP contribution in [0.4, 0.5) is 0 Å². The van der Waals surface area contributed by atoms with E-state index in [-0.39, 0.29) is 18.3 Å². The first-order valence-electron chi connectivity index (χ1n) is 10.1. The van der Waals surface area contributed by atoms with Gasteiger partial charge in [-0.1, -0.05) is 93.1 Å². The molecular weight excluding hydrogens is 364 g/mol. The topological polar surface area (TPSA) is 49.7 Å². The minimum atomic E-state index is -2.53. The molecule has 0 saturated carbocycles. The second kappa shape index (κ2) is 10.7. The van der Waals surface area contributed by atoms with Crippen molar-refractivity contribution in [2.45, 2.75) is 45.1 Å². The Hall–Kier alpha value is -1.72. The highest BCUT2D eigenvalue weighted by Crippen LogP contribution is 2.36. The van der Waals surface area contributed by atoms with Crippen molar-refractivity contribution >= 4 is 18.7 Å². The van der Waals surface area contributed by atoms with Gasteiger partial charge in [0.2, 0.25) is 0 Å². The molecule has 0 unspecified atom stereocenters. The zero-order valence-electron chi connectivity index (χ0n) is 17.4. The molecule has 2 N–H and O–H groups in total. The van der Waals surface area contributed by atoms with Crippen molar-refractivity contribution in [3.05, 3.63) is 72.3 Å². The van der Waals surface area contributed by atoms with E-state index in [4.69, 9.17) is 9.53 Å². The Labute approximate surface area is 170 Å². The highest BCUT2D eigenvalue weighted by molar-refractivity contribution is 6.99. The highest BCUT2D eigenvalue weighted by atomic mass is 28.4. The van der Waals surface area contributed by atoms with Gasteiger partial charge in [0.15, 0.2) is 0 Å². The predicted octanol–water partition coefficient (Wildman–Crippen LogP) is 3.64. The van der Waals surface area contributed by atoms with E-state index in [1.165, 1.54) is 10.4 Å². The van der Waals surface area contributed by atoms with Crippen molar-refractivity contribution in [3.8, 4) is 0 Å². The fourth-order valence-electron chi connectivity index (χ4n) is 3.82. The van der Waals surface area contributed by atoms with E-state index < -0.39 is 8.32 Å². The Morgan fingerprint density at radius 3 is 1.82 bits per heavy atom. The molecule has 28 heavy (non-hydrogen) atoms. The van der Waals surface area contributed by atoms with Crippen LogP contribution in [0.2, 0.25) is 5.04 Å². The molecule has 0 amide bonds. The second-order valence-corrected chi connectivity index (χ2v) is 12.4. The molecule has 0 aliphatic heterocycles. The summed E-state index contributed by atoms with van der Waals surface area (Å²) in [6.45, 7) is 7.60. The third kappa shape index (κ3) is 5.42. The van der Waals surface area contributed by atoms with Crippen molar-refractivity contribution in [1.29, 1.82) is 0 Å². The molecule has 0 fully saturated rings. The fraction of sp³-hybridized carbons (Fsp3) is 0.417. The average Bonchev–Trinajstić information content (AvgIpc) is 2.69. The van der Waals surface area contributed by atoms with Gasteiger partial charge in [0.1, 0.15) is 0 Å². The monoisotopic (exact) mass is 398 g/mol. The van der Waals surface area contributed by atoms with Gasteiger partial charge in [-0.3, -0.25) is 0 Å². The van der Waals surface area contributed by atoms with Gasteiger partial charge in [0, 0.05) is 13.2 Å². The molecule has 0 aliphatic rings. The van der Waals surface area contributed by atoms with E-state index in [1.807, 2.05) is 12.1 Å². The van der Waals surface area contributed by atoms with Gasteiger partial charge < -0.3 is 14.6 Å². The molecule has 3 nitrogen and oxygen atoms in total. The van der Waals surface area contributed by atoms with Crippen LogP contribution in [0.3, 0.4) is 0 Å². The lowest BCUT2D eigenvalue weighted by atomic mass is 10.1. The molecule has 2 rings (SSSR count). The van der Waals surface area contributed by atoms with Gasteiger partial charge >= 0.3 is 0 Å². The SMILES string of the molecule is CC(C)(C)[Si](OCC=C(CCO)CCCO)(c1ccccc1)c1ccccc1. The van der Waals surface area contributed by atoms with Crippen molar-refractivity contribution in [2.75, 3.05) is 19.8 Å². The number of aliphatic hydroxyl groups excluding tert-OH is 2. The summed E-state index contributed by atoms with van der Waals surface area (Å²) in [5.41, 5.74) is 1.15. The van der Waals surface area contributed by atoms with E-state index >= 15 is 0 Å². The third-order valence-electron chi connectivity index (χ3n) is 5.18. The molecule has 0 aliphatic carbocycles. The highest BCUT2D eigenvalue weighted by Gasteiger charge is 2.49. The van der Waals surface area contributed by atoms with Crippen molar-refractivity contribution < 1.29 is 14.6 Å². The summed E-state index contributed by atoms with van der Waals surface area (Å²) in [5.74, 6) is 0. The zero-order chi connectivity index (χ0) is 20.5. The quantitative estimate of drug-likeness (QED) is 0.474. The van der Waals surface area contributed by atoms with Gasteiger partial charge in [0.25, 0.3) is 8.32 Å². The van der Waals surface area contributed by atoms with Crippen LogP contribution >= 0.6 is 0 Å². The van der Waals surface area contributed by atoms with Crippen molar-refractivity contribution in [1.82, 2.24) is 0 Å². The predicted molar refractivity (Wildman–Crippen MR) is 120 cm³/mol. The summed E-state index contributed by atoms with van der Waals surface area (Å²) in [4.78, 5) is 0. The molecule has 0 bridgehead atoms. The summed E-state index contributed by atoms with van der Waals surface area (Å²) in [6.07, 6.45) is 4.24. The van der Waals surface area contributed by atoms with E-state index in [1.54, 1.807) is 0 Å². The van der Waals surface area contributed by atoms with Crippen LogP contribution in [0.25, 0.3) is 0 Å². The lowest BCUT2D eigenvalue weighted by molar-refractivity contribution is 0.279. The minimum absolute atomic E-state index is 0.0498. The average molecular weight is 399 g/mol. The summed E-state index contributed by atoms with van der Waals surface area (Å²) < 4.78 is 6.84. The molecule has 2 aromatic rings. The zero-order valence-corrected chi connectivity index (χ0v) is 18.4.